The van der Waals surface area contributed by atoms with Crippen LogP contribution >= 0.6 is 11.8 Å². The summed E-state index contributed by atoms with van der Waals surface area (Å²) in [5.41, 5.74) is -4.23. The number of nitrogens with zero attached hydrogens (tertiary/aromatic N) is 1. The highest BCUT2D eigenvalue weighted by atomic mass is 32.2. The number of aromatic nitrogens is 1. The van der Waals surface area contributed by atoms with Gasteiger partial charge < -0.3 is 19.3 Å². The van der Waals surface area contributed by atoms with Crippen LogP contribution in [0.1, 0.15) is 29.1 Å². The summed E-state index contributed by atoms with van der Waals surface area (Å²) < 4.78 is 53.1. The Kier molecular flexibility index (Phi) is 6.84. The van der Waals surface area contributed by atoms with Gasteiger partial charge in [-0.25, -0.2) is 0 Å². The Morgan fingerprint density at radius 3 is 2.82 bits per heavy atom. The van der Waals surface area contributed by atoms with Gasteiger partial charge in [0.1, 0.15) is 12.4 Å². The molecule has 28 heavy (non-hydrogen) atoms. The van der Waals surface area contributed by atoms with Crippen molar-refractivity contribution in [1.82, 2.24) is 10.5 Å². The molecule has 1 fully saturated rings. The number of thioether (sulfide) groups is 1. The number of carbonyl (C=O) groups is 1. The van der Waals surface area contributed by atoms with Crippen molar-refractivity contribution >= 4 is 17.7 Å². The van der Waals surface area contributed by atoms with Crippen LogP contribution in [0.5, 0.6) is 5.75 Å². The molecule has 0 saturated carbocycles. The molecule has 1 saturated heterocycles. The molecule has 3 rings (SSSR count). The summed E-state index contributed by atoms with van der Waals surface area (Å²) >= 11 is -0.215. The minimum Gasteiger partial charge on any atom is -0.486 e. The lowest BCUT2D eigenvalue weighted by molar-refractivity contribution is -0.0328. The molecule has 2 aromatic rings. The van der Waals surface area contributed by atoms with Gasteiger partial charge in [-0.15, -0.1) is 0 Å². The zero-order valence-corrected chi connectivity index (χ0v) is 15.6. The van der Waals surface area contributed by atoms with Crippen LogP contribution in [0.4, 0.5) is 13.2 Å². The predicted molar refractivity (Wildman–Crippen MR) is 95.1 cm³/mol. The number of hydrogen-bond acceptors (Lipinski definition) is 6. The lowest BCUT2D eigenvalue weighted by Gasteiger charge is -2.21. The fourth-order valence-corrected chi connectivity index (χ4v) is 3.27. The normalized spacial score (nSPS) is 15.4. The van der Waals surface area contributed by atoms with E-state index in [4.69, 9.17) is 14.0 Å². The SMILES string of the molecule is O=C(NCC1CCOCC1)c1cc(COc2cccc(SC(F)(F)F)c2)on1. The summed E-state index contributed by atoms with van der Waals surface area (Å²) in [5, 5.41) is 6.53. The van der Waals surface area contributed by atoms with Crippen LogP contribution < -0.4 is 10.1 Å². The molecule has 0 bridgehead atoms. The predicted octanol–water partition coefficient (Wildman–Crippen LogP) is 4.02. The molecule has 1 aromatic carbocycles. The average molecular weight is 416 g/mol. The summed E-state index contributed by atoms with van der Waals surface area (Å²) in [6, 6.07) is 7.10. The second-order valence-corrected chi connectivity index (χ2v) is 7.39. The van der Waals surface area contributed by atoms with Gasteiger partial charge in [0.2, 0.25) is 0 Å². The minimum atomic E-state index is -4.36. The molecular weight excluding hydrogens is 397 g/mol. The van der Waals surface area contributed by atoms with Crippen molar-refractivity contribution < 1.29 is 32.0 Å². The second kappa shape index (κ2) is 9.33. The van der Waals surface area contributed by atoms with Crippen LogP contribution in [0.3, 0.4) is 0 Å². The van der Waals surface area contributed by atoms with Gasteiger partial charge in [0, 0.05) is 30.7 Å². The third kappa shape index (κ3) is 6.45. The highest BCUT2D eigenvalue weighted by Crippen LogP contribution is 2.37. The Bertz CT molecular complexity index is 791. The Hall–Kier alpha value is -2.20. The molecule has 1 N–H and O–H groups in total. The summed E-state index contributed by atoms with van der Waals surface area (Å²) in [5.74, 6) is 0.598. The van der Waals surface area contributed by atoms with E-state index >= 15 is 0 Å². The molecule has 1 aliphatic heterocycles. The first-order valence-corrected chi connectivity index (χ1v) is 9.51. The molecule has 1 aliphatic rings. The number of nitrogens with one attached hydrogen (secondary N) is 1. The van der Waals surface area contributed by atoms with Crippen LogP contribution in [0.2, 0.25) is 0 Å². The van der Waals surface area contributed by atoms with E-state index in [1.165, 1.54) is 30.3 Å². The largest absolute Gasteiger partial charge is 0.486 e. The van der Waals surface area contributed by atoms with Crippen molar-refractivity contribution in [3.05, 3.63) is 41.8 Å². The first-order valence-electron chi connectivity index (χ1n) is 8.69. The van der Waals surface area contributed by atoms with Gasteiger partial charge >= 0.3 is 5.51 Å². The van der Waals surface area contributed by atoms with Crippen molar-refractivity contribution in [2.24, 2.45) is 5.92 Å². The van der Waals surface area contributed by atoms with Crippen LogP contribution in [0, 0.1) is 5.92 Å². The molecule has 0 aliphatic carbocycles. The molecule has 10 heteroatoms. The Labute approximate surface area is 163 Å². The summed E-state index contributed by atoms with van der Waals surface area (Å²) in [7, 11) is 0. The van der Waals surface area contributed by atoms with Gasteiger partial charge in [0.05, 0.1) is 0 Å². The summed E-state index contributed by atoms with van der Waals surface area (Å²) in [4.78, 5) is 12.2. The Balaban J connectivity index is 1.49. The Morgan fingerprint density at radius 1 is 1.29 bits per heavy atom. The number of amides is 1. The molecule has 2 heterocycles. The van der Waals surface area contributed by atoms with Gasteiger partial charge in [0.15, 0.2) is 11.5 Å². The molecule has 0 unspecified atom stereocenters. The van der Waals surface area contributed by atoms with Crippen LogP contribution in [-0.4, -0.2) is 36.3 Å². The molecule has 1 aromatic heterocycles. The van der Waals surface area contributed by atoms with E-state index in [0.717, 1.165) is 12.8 Å². The number of hydrogen-bond donors (Lipinski definition) is 1. The van der Waals surface area contributed by atoms with Gasteiger partial charge in [0.25, 0.3) is 5.91 Å². The lowest BCUT2D eigenvalue weighted by Crippen LogP contribution is -2.32. The second-order valence-electron chi connectivity index (χ2n) is 6.26. The number of alkyl halides is 3. The number of halogens is 3. The van der Waals surface area contributed by atoms with Crippen molar-refractivity contribution in [3.63, 3.8) is 0 Å². The third-order valence-electron chi connectivity index (χ3n) is 4.10. The van der Waals surface area contributed by atoms with Crippen molar-refractivity contribution in [2.75, 3.05) is 19.8 Å². The first kappa shape index (κ1) is 20.5. The standard InChI is InChI=1S/C18H19F3N2O4S/c19-18(20,21)28-15-3-1-2-13(8-15)26-11-14-9-16(23-27-14)17(24)22-10-12-4-6-25-7-5-12/h1-3,8-9,12H,4-7,10-11H2,(H,22,24). The van der Waals surface area contributed by atoms with Crippen molar-refractivity contribution in [2.45, 2.75) is 29.9 Å². The molecular formula is C18H19F3N2O4S. The van der Waals surface area contributed by atoms with Crippen LogP contribution in [-0.2, 0) is 11.3 Å². The molecule has 0 atom stereocenters. The van der Waals surface area contributed by atoms with E-state index in [1.807, 2.05) is 0 Å². The molecule has 0 radical (unpaired) electrons. The highest BCUT2D eigenvalue weighted by molar-refractivity contribution is 8.00. The fraction of sp³-hybridized carbons (Fsp3) is 0.444. The average Bonchev–Trinajstić information content (AvgIpc) is 3.13. The zero-order valence-electron chi connectivity index (χ0n) is 14.8. The molecule has 152 valence electrons. The Morgan fingerprint density at radius 2 is 2.07 bits per heavy atom. The number of ether oxygens (including phenoxy) is 2. The van der Waals surface area contributed by atoms with Crippen LogP contribution in [0.15, 0.2) is 39.8 Å². The van der Waals surface area contributed by atoms with E-state index in [1.54, 1.807) is 0 Å². The summed E-state index contributed by atoms with van der Waals surface area (Å²) in [6.45, 7) is 1.90. The fourth-order valence-electron chi connectivity index (χ4n) is 2.68. The van der Waals surface area contributed by atoms with Gasteiger partial charge in [-0.1, -0.05) is 11.2 Å². The number of benzene rings is 1. The maximum atomic E-state index is 12.4. The highest BCUT2D eigenvalue weighted by Gasteiger charge is 2.29. The van der Waals surface area contributed by atoms with Gasteiger partial charge in [-0.3, -0.25) is 4.79 Å². The van der Waals surface area contributed by atoms with Crippen molar-refractivity contribution in [3.8, 4) is 5.75 Å². The van der Waals surface area contributed by atoms with E-state index < -0.39 is 5.51 Å². The smallest absolute Gasteiger partial charge is 0.446 e. The van der Waals surface area contributed by atoms with E-state index in [0.29, 0.717) is 31.4 Å². The first-order chi connectivity index (χ1) is 13.4. The minimum absolute atomic E-state index is 0.0238. The van der Waals surface area contributed by atoms with E-state index in [2.05, 4.69) is 10.5 Å². The van der Waals surface area contributed by atoms with Gasteiger partial charge in [-0.2, -0.15) is 13.2 Å². The number of rotatable bonds is 7. The third-order valence-corrected chi connectivity index (χ3v) is 4.83. The van der Waals surface area contributed by atoms with Crippen molar-refractivity contribution in [1.29, 1.82) is 0 Å². The zero-order chi connectivity index (χ0) is 20.0. The van der Waals surface area contributed by atoms with E-state index in [-0.39, 0.29) is 40.6 Å². The topological polar surface area (TPSA) is 73.6 Å². The quantitative estimate of drug-likeness (QED) is 0.688. The van der Waals surface area contributed by atoms with Gasteiger partial charge in [-0.05, 0) is 48.7 Å². The monoisotopic (exact) mass is 416 g/mol. The molecule has 0 spiro atoms. The van der Waals surface area contributed by atoms with E-state index in [9.17, 15) is 18.0 Å². The maximum Gasteiger partial charge on any atom is 0.446 e. The lowest BCUT2D eigenvalue weighted by atomic mass is 10.0. The molecule has 6 nitrogen and oxygen atoms in total. The summed E-state index contributed by atoms with van der Waals surface area (Å²) in [6.07, 6.45) is 1.81. The molecule has 1 amide bonds. The maximum absolute atomic E-state index is 12.4. The number of carbonyl (C=O) groups excluding carboxylic acids is 1. The van der Waals surface area contributed by atoms with Crippen LogP contribution in [0.25, 0.3) is 0 Å².